The molecule has 100 valence electrons. The summed E-state index contributed by atoms with van der Waals surface area (Å²) in [7, 11) is 0. The smallest absolute Gasteiger partial charge is 0.125 e. The number of nitrogens with zero attached hydrogens (tertiary/aromatic N) is 1. The molecule has 0 atom stereocenters. The first kappa shape index (κ1) is 13.4. The summed E-state index contributed by atoms with van der Waals surface area (Å²) in [6, 6.07) is 14.1. The highest BCUT2D eigenvalue weighted by atomic mass is 16.5. The predicted molar refractivity (Wildman–Crippen MR) is 78.7 cm³/mol. The lowest BCUT2D eigenvalue weighted by Crippen LogP contribution is -2.08. The minimum absolute atomic E-state index is 0.714. The fraction of sp³-hybridized carbons (Fsp3) is 0.312. The second-order valence-corrected chi connectivity index (χ2v) is 4.34. The van der Waals surface area contributed by atoms with Crippen LogP contribution in [0.3, 0.4) is 0 Å². The number of aromatic nitrogens is 1. The number of pyridine rings is 1. The van der Waals surface area contributed by atoms with Gasteiger partial charge < -0.3 is 10.1 Å². The van der Waals surface area contributed by atoms with Gasteiger partial charge in [0.05, 0.1) is 6.61 Å². The van der Waals surface area contributed by atoms with Crippen molar-refractivity contribution >= 4 is 5.82 Å². The van der Waals surface area contributed by atoms with E-state index < -0.39 is 0 Å². The van der Waals surface area contributed by atoms with Crippen molar-refractivity contribution in [3.63, 3.8) is 0 Å². The molecule has 0 saturated heterocycles. The van der Waals surface area contributed by atoms with Crippen molar-refractivity contribution in [1.82, 2.24) is 4.98 Å². The third kappa shape index (κ3) is 4.62. The summed E-state index contributed by atoms with van der Waals surface area (Å²) in [5, 5.41) is 3.26. The number of aryl methyl sites for hydroxylation is 1. The number of nitrogens with one attached hydrogen (secondary N) is 1. The van der Waals surface area contributed by atoms with Crippen molar-refractivity contribution in [2.24, 2.45) is 0 Å². The van der Waals surface area contributed by atoms with Crippen LogP contribution in [0.15, 0.2) is 48.7 Å². The van der Waals surface area contributed by atoms with Crippen molar-refractivity contribution in [3.8, 4) is 5.75 Å². The fourth-order valence-corrected chi connectivity index (χ4v) is 1.77. The molecule has 0 fully saturated rings. The van der Waals surface area contributed by atoms with Gasteiger partial charge in [-0.15, -0.1) is 0 Å². The van der Waals surface area contributed by atoms with E-state index in [2.05, 4.69) is 29.4 Å². The van der Waals surface area contributed by atoms with E-state index in [1.807, 2.05) is 30.3 Å². The summed E-state index contributed by atoms with van der Waals surface area (Å²) in [6.45, 7) is 3.73. The molecule has 0 aliphatic carbocycles. The van der Waals surface area contributed by atoms with E-state index in [9.17, 15) is 0 Å². The Hall–Kier alpha value is -2.03. The van der Waals surface area contributed by atoms with Crippen molar-refractivity contribution in [2.45, 2.75) is 19.8 Å². The molecule has 1 heterocycles. The van der Waals surface area contributed by atoms with Crippen LogP contribution in [0.5, 0.6) is 5.75 Å². The van der Waals surface area contributed by atoms with E-state index in [1.54, 1.807) is 6.20 Å². The van der Waals surface area contributed by atoms with Gasteiger partial charge in [0, 0.05) is 12.7 Å². The second kappa shape index (κ2) is 7.41. The zero-order chi connectivity index (χ0) is 13.3. The first-order valence-corrected chi connectivity index (χ1v) is 6.75. The molecule has 0 saturated carbocycles. The predicted octanol–water partition coefficient (Wildman–Crippen LogP) is 3.53. The van der Waals surface area contributed by atoms with Crippen molar-refractivity contribution < 1.29 is 4.74 Å². The monoisotopic (exact) mass is 256 g/mol. The maximum atomic E-state index is 5.68. The third-order valence-electron chi connectivity index (χ3n) is 2.89. The lowest BCUT2D eigenvalue weighted by atomic mass is 10.2. The quantitative estimate of drug-likeness (QED) is 0.770. The van der Waals surface area contributed by atoms with Crippen LogP contribution in [0.4, 0.5) is 5.82 Å². The molecule has 0 spiro atoms. The molecule has 1 aromatic carbocycles. The molecule has 0 aliphatic heterocycles. The Balaban J connectivity index is 1.63. The number of rotatable bonds is 7. The Morgan fingerprint density at radius 3 is 2.63 bits per heavy atom. The number of ether oxygens (including phenoxy) is 1. The zero-order valence-electron chi connectivity index (χ0n) is 11.3. The molecule has 0 bridgehead atoms. The van der Waals surface area contributed by atoms with E-state index in [-0.39, 0.29) is 0 Å². The molecule has 3 heteroatoms. The van der Waals surface area contributed by atoms with Crippen LogP contribution in [0.1, 0.15) is 18.9 Å². The maximum Gasteiger partial charge on any atom is 0.125 e. The number of hydrogen-bond acceptors (Lipinski definition) is 3. The lowest BCUT2D eigenvalue weighted by molar-refractivity contribution is 0.315. The molecule has 19 heavy (non-hydrogen) atoms. The van der Waals surface area contributed by atoms with Crippen molar-refractivity contribution in [2.75, 3.05) is 18.5 Å². The summed E-state index contributed by atoms with van der Waals surface area (Å²) in [6.07, 6.45) is 3.80. The van der Waals surface area contributed by atoms with Crippen LogP contribution in [-0.2, 0) is 6.42 Å². The maximum absolute atomic E-state index is 5.68. The Labute approximate surface area is 114 Å². The zero-order valence-corrected chi connectivity index (χ0v) is 11.3. The molecular formula is C16H20N2O. The number of hydrogen-bond donors (Lipinski definition) is 1. The van der Waals surface area contributed by atoms with Gasteiger partial charge >= 0.3 is 0 Å². The minimum atomic E-state index is 0.714. The van der Waals surface area contributed by atoms with Gasteiger partial charge in [0.1, 0.15) is 11.6 Å². The fourth-order valence-electron chi connectivity index (χ4n) is 1.77. The molecular weight excluding hydrogens is 236 g/mol. The van der Waals surface area contributed by atoms with Crippen molar-refractivity contribution in [3.05, 3.63) is 54.2 Å². The van der Waals surface area contributed by atoms with E-state index in [1.165, 1.54) is 5.56 Å². The molecule has 1 aromatic heterocycles. The molecule has 0 amide bonds. The van der Waals surface area contributed by atoms with Gasteiger partial charge in [-0.2, -0.15) is 0 Å². The standard InChI is InChI=1S/C16H20N2O/c1-2-14-7-9-15(10-8-14)19-13-5-12-18-16-6-3-4-11-17-16/h3-4,6-11H,2,5,12-13H2,1H3,(H,17,18). The summed E-state index contributed by atoms with van der Waals surface area (Å²) in [4.78, 5) is 4.20. The van der Waals surface area contributed by atoms with Gasteiger partial charge in [0.25, 0.3) is 0 Å². The largest absolute Gasteiger partial charge is 0.494 e. The van der Waals surface area contributed by atoms with Gasteiger partial charge in [-0.3, -0.25) is 0 Å². The Bertz CT molecular complexity index is 468. The van der Waals surface area contributed by atoms with Crippen LogP contribution >= 0.6 is 0 Å². The highest BCUT2D eigenvalue weighted by Gasteiger charge is 1.95. The summed E-state index contributed by atoms with van der Waals surface area (Å²) >= 11 is 0. The molecule has 3 nitrogen and oxygen atoms in total. The Morgan fingerprint density at radius 1 is 1.11 bits per heavy atom. The Morgan fingerprint density at radius 2 is 1.95 bits per heavy atom. The van der Waals surface area contributed by atoms with Gasteiger partial charge in [-0.1, -0.05) is 25.1 Å². The molecule has 0 unspecified atom stereocenters. The topological polar surface area (TPSA) is 34.1 Å². The molecule has 2 aromatic rings. The van der Waals surface area contributed by atoms with Gasteiger partial charge in [0.2, 0.25) is 0 Å². The van der Waals surface area contributed by atoms with Crippen LogP contribution in [-0.4, -0.2) is 18.1 Å². The number of anilines is 1. The summed E-state index contributed by atoms with van der Waals surface area (Å²) < 4.78 is 5.68. The summed E-state index contributed by atoms with van der Waals surface area (Å²) in [5.41, 5.74) is 1.34. The van der Waals surface area contributed by atoms with Gasteiger partial charge in [0.15, 0.2) is 0 Å². The highest BCUT2D eigenvalue weighted by molar-refractivity contribution is 5.32. The molecule has 0 aliphatic rings. The van der Waals surface area contributed by atoms with Crippen LogP contribution in [0.25, 0.3) is 0 Å². The molecule has 2 rings (SSSR count). The first-order valence-electron chi connectivity index (χ1n) is 6.75. The highest BCUT2D eigenvalue weighted by Crippen LogP contribution is 2.12. The van der Waals surface area contributed by atoms with Crippen molar-refractivity contribution in [1.29, 1.82) is 0 Å². The Kier molecular flexibility index (Phi) is 5.23. The van der Waals surface area contributed by atoms with Crippen LogP contribution in [0, 0.1) is 0 Å². The second-order valence-electron chi connectivity index (χ2n) is 4.34. The average Bonchev–Trinajstić information content (AvgIpc) is 2.49. The van der Waals surface area contributed by atoms with E-state index in [4.69, 9.17) is 4.74 Å². The minimum Gasteiger partial charge on any atom is -0.494 e. The normalized spacial score (nSPS) is 10.2. The van der Waals surface area contributed by atoms with Gasteiger partial charge in [-0.25, -0.2) is 4.98 Å². The molecule has 0 radical (unpaired) electrons. The molecule has 1 N–H and O–H groups in total. The van der Waals surface area contributed by atoms with E-state index in [0.717, 1.165) is 31.0 Å². The third-order valence-corrected chi connectivity index (χ3v) is 2.89. The first-order chi connectivity index (χ1) is 9.38. The van der Waals surface area contributed by atoms with E-state index >= 15 is 0 Å². The number of benzene rings is 1. The lowest BCUT2D eigenvalue weighted by Gasteiger charge is -2.08. The van der Waals surface area contributed by atoms with Crippen LogP contribution < -0.4 is 10.1 Å². The van der Waals surface area contributed by atoms with E-state index in [0.29, 0.717) is 6.61 Å². The summed E-state index contributed by atoms with van der Waals surface area (Å²) in [5.74, 6) is 1.85. The average molecular weight is 256 g/mol. The van der Waals surface area contributed by atoms with Gasteiger partial charge in [-0.05, 0) is 42.7 Å². The SMILES string of the molecule is CCc1ccc(OCCCNc2ccccn2)cc1. The van der Waals surface area contributed by atoms with Crippen LogP contribution in [0.2, 0.25) is 0 Å².